The Morgan fingerprint density at radius 3 is 1.68 bits per heavy atom. The number of benzene rings is 1. The van der Waals surface area contributed by atoms with E-state index in [1.165, 1.54) is 69.8 Å². The Balaban J connectivity index is 1.83. The van der Waals surface area contributed by atoms with Crippen molar-refractivity contribution in [1.29, 1.82) is 0 Å². The van der Waals surface area contributed by atoms with Crippen molar-refractivity contribution in [2.45, 2.75) is 89.9 Å². The zero-order valence-electron chi connectivity index (χ0n) is 15.2. The Labute approximate surface area is 162 Å². The lowest BCUT2D eigenvalue weighted by atomic mass is 10.0. The molecule has 1 N–H and O–H groups in total. The number of halogens is 2. The normalized spacial score (nSPS) is 11.0. The van der Waals surface area contributed by atoms with Crippen molar-refractivity contribution in [2.24, 2.45) is 0 Å². The highest BCUT2D eigenvalue weighted by Gasteiger charge is 2.00. The molecule has 142 valence electrons. The second-order valence-corrected chi connectivity index (χ2v) is 7.70. The first-order valence-corrected chi connectivity index (χ1v) is 10.5. The third kappa shape index (κ3) is 12.3. The number of carboxylic acid groups (broad SMARTS) is 1. The van der Waals surface area contributed by atoms with Gasteiger partial charge in [0.2, 0.25) is 0 Å². The van der Waals surface area contributed by atoms with Gasteiger partial charge in [-0.3, -0.25) is 4.79 Å². The maximum absolute atomic E-state index is 10.4. The van der Waals surface area contributed by atoms with Gasteiger partial charge in [-0.2, -0.15) is 0 Å². The molecule has 0 aliphatic heterocycles. The Morgan fingerprint density at radius 1 is 0.720 bits per heavy atom. The molecule has 0 saturated heterocycles. The Morgan fingerprint density at radius 2 is 1.20 bits per heavy atom. The van der Waals surface area contributed by atoms with Crippen molar-refractivity contribution in [1.82, 2.24) is 0 Å². The summed E-state index contributed by atoms with van der Waals surface area (Å²) in [6, 6.07) is 5.92. The number of hydrogen-bond donors (Lipinski definition) is 1. The van der Waals surface area contributed by atoms with Gasteiger partial charge in [0.15, 0.2) is 0 Å². The van der Waals surface area contributed by atoms with Crippen LogP contribution in [-0.2, 0) is 11.2 Å². The highest BCUT2D eigenvalue weighted by molar-refractivity contribution is 6.42. The van der Waals surface area contributed by atoms with E-state index >= 15 is 0 Å². The minimum Gasteiger partial charge on any atom is -0.481 e. The van der Waals surface area contributed by atoms with Gasteiger partial charge in [-0.05, 0) is 37.0 Å². The first kappa shape index (κ1) is 22.3. The number of carbonyl (C=O) groups is 1. The van der Waals surface area contributed by atoms with Crippen LogP contribution in [0.4, 0.5) is 0 Å². The number of rotatable bonds is 15. The standard InChI is InChI=1S/C21H32Cl2O2/c22-19-16-15-18(17-20(19)23)13-11-9-7-5-3-1-2-4-6-8-10-12-14-21(24)25/h15-17H,1-14H2,(H,24,25). The predicted octanol–water partition coefficient (Wildman–Crippen LogP) is 7.69. The fourth-order valence-corrected chi connectivity index (χ4v) is 3.39. The summed E-state index contributed by atoms with van der Waals surface area (Å²) in [4.78, 5) is 10.4. The van der Waals surface area contributed by atoms with Crippen LogP contribution >= 0.6 is 23.2 Å². The minimum atomic E-state index is -0.669. The maximum atomic E-state index is 10.4. The Bertz CT molecular complexity index is 489. The second kappa shape index (κ2) is 14.4. The molecule has 0 spiro atoms. The van der Waals surface area contributed by atoms with Gasteiger partial charge in [-0.1, -0.05) is 93.5 Å². The molecule has 2 nitrogen and oxygen atoms in total. The van der Waals surface area contributed by atoms with Gasteiger partial charge in [0, 0.05) is 6.42 Å². The van der Waals surface area contributed by atoms with Crippen molar-refractivity contribution >= 4 is 29.2 Å². The van der Waals surface area contributed by atoms with Gasteiger partial charge >= 0.3 is 5.97 Å². The van der Waals surface area contributed by atoms with Crippen molar-refractivity contribution < 1.29 is 9.90 Å². The number of unbranched alkanes of at least 4 members (excludes halogenated alkanes) is 11. The van der Waals surface area contributed by atoms with Crippen molar-refractivity contribution in [2.75, 3.05) is 0 Å². The molecule has 25 heavy (non-hydrogen) atoms. The van der Waals surface area contributed by atoms with E-state index in [9.17, 15) is 4.79 Å². The molecule has 0 radical (unpaired) electrons. The van der Waals surface area contributed by atoms with Crippen LogP contribution in [0.15, 0.2) is 18.2 Å². The average molecular weight is 387 g/mol. The molecule has 0 amide bonds. The monoisotopic (exact) mass is 386 g/mol. The van der Waals surface area contributed by atoms with E-state index in [-0.39, 0.29) is 0 Å². The summed E-state index contributed by atoms with van der Waals surface area (Å²) >= 11 is 12.0. The van der Waals surface area contributed by atoms with Crippen LogP contribution in [0.25, 0.3) is 0 Å². The first-order chi connectivity index (χ1) is 12.1. The van der Waals surface area contributed by atoms with E-state index in [0.29, 0.717) is 16.5 Å². The molecule has 1 aromatic carbocycles. The second-order valence-electron chi connectivity index (χ2n) is 6.88. The van der Waals surface area contributed by atoms with E-state index < -0.39 is 5.97 Å². The largest absolute Gasteiger partial charge is 0.481 e. The lowest BCUT2D eigenvalue weighted by molar-refractivity contribution is -0.137. The number of aliphatic carboxylic acids is 1. The average Bonchev–Trinajstić information content (AvgIpc) is 2.58. The van der Waals surface area contributed by atoms with Crippen LogP contribution < -0.4 is 0 Å². The summed E-state index contributed by atoms with van der Waals surface area (Å²) in [6.45, 7) is 0. The Hall–Kier alpha value is -0.730. The third-order valence-corrected chi connectivity index (χ3v) is 5.33. The van der Waals surface area contributed by atoms with Crippen LogP contribution in [0.5, 0.6) is 0 Å². The third-order valence-electron chi connectivity index (χ3n) is 4.59. The molecular formula is C21H32Cl2O2. The number of hydrogen-bond acceptors (Lipinski definition) is 1. The van der Waals surface area contributed by atoms with E-state index in [0.717, 1.165) is 19.3 Å². The minimum absolute atomic E-state index is 0.324. The van der Waals surface area contributed by atoms with E-state index in [1.807, 2.05) is 12.1 Å². The lowest BCUT2D eigenvalue weighted by Crippen LogP contribution is -1.93. The van der Waals surface area contributed by atoms with Gasteiger partial charge in [-0.25, -0.2) is 0 Å². The van der Waals surface area contributed by atoms with Crippen molar-refractivity contribution in [3.63, 3.8) is 0 Å². The fourth-order valence-electron chi connectivity index (χ4n) is 3.07. The molecule has 0 bridgehead atoms. The highest BCUT2D eigenvalue weighted by atomic mass is 35.5. The lowest BCUT2D eigenvalue weighted by Gasteiger charge is -2.04. The summed E-state index contributed by atoms with van der Waals surface area (Å²) < 4.78 is 0. The predicted molar refractivity (Wildman–Crippen MR) is 108 cm³/mol. The SMILES string of the molecule is O=C(O)CCCCCCCCCCCCCCc1ccc(Cl)c(Cl)c1. The molecule has 1 rings (SSSR count). The molecule has 0 aliphatic rings. The molecule has 0 heterocycles. The van der Waals surface area contributed by atoms with Crippen LogP contribution in [0.1, 0.15) is 89.0 Å². The van der Waals surface area contributed by atoms with Crippen LogP contribution in [0, 0.1) is 0 Å². The number of carboxylic acids is 1. The quantitative estimate of drug-likeness (QED) is 0.313. The molecule has 0 aromatic heterocycles. The topological polar surface area (TPSA) is 37.3 Å². The van der Waals surface area contributed by atoms with Crippen molar-refractivity contribution in [3.05, 3.63) is 33.8 Å². The van der Waals surface area contributed by atoms with Crippen LogP contribution in [0.3, 0.4) is 0 Å². The Kier molecular flexibility index (Phi) is 12.9. The zero-order valence-corrected chi connectivity index (χ0v) is 16.8. The molecule has 1 aromatic rings. The van der Waals surface area contributed by atoms with Gasteiger partial charge in [0.25, 0.3) is 0 Å². The van der Waals surface area contributed by atoms with E-state index in [2.05, 4.69) is 6.07 Å². The van der Waals surface area contributed by atoms with Crippen LogP contribution in [0.2, 0.25) is 10.0 Å². The van der Waals surface area contributed by atoms with Crippen molar-refractivity contribution in [3.8, 4) is 0 Å². The van der Waals surface area contributed by atoms with Gasteiger partial charge in [0.1, 0.15) is 0 Å². The maximum Gasteiger partial charge on any atom is 0.303 e. The smallest absolute Gasteiger partial charge is 0.303 e. The molecule has 0 aliphatic carbocycles. The fraction of sp³-hybridized carbons (Fsp3) is 0.667. The summed E-state index contributed by atoms with van der Waals surface area (Å²) in [5.41, 5.74) is 1.28. The molecular weight excluding hydrogens is 355 g/mol. The highest BCUT2D eigenvalue weighted by Crippen LogP contribution is 2.23. The molecule has 0 unspecified atom stereocenters. The van der Waals surface area contributed by atoms with E-state index in [4.69, 9.17) is 28.3 Å². The molecule has 0 atom stereocenters. The van der Waals surface area contributed by atoms with Gasteiger partial charge in [0.05, 0.1) is 10.0 Å². The zero-order chi connectivity index (χ0) is 18.3. The molecule has 0 saturated carbocycles. The number of aryl methyl sites for hydroxylation is 1. The molecule has 0 fully saturated rings. The molecule has 4 heteroatoms. The van der Waals surface area contributed by atoms with Crippen LogP contribution in [-0.4, -0.2) is 11.1 Å². The first-order valence-electron chi connectivity index (χ1n) is 9.75. The summed E-state index contributed by atoms with van der Waals surface area (Å²) in [7, 11) is 0. The van der Waals surface area contributed by atoms with Gasteiger partial charge < -0.3 is 5.11 Å². The van der Waals surface area contributed by atoms with Gasteiger partial charge in [-0.15, -0.1) is 0 Å². The van der Waals surface area contributed by atoms with E-state index in [1.54, 1.807) is 0 Å². The summed E-state index contributed by atoms with van der Waals surface area (Å²) in [5, 5.41) is 9.84. The summed E-state index contributed by atoms with van der Waals surface area (Å²) in [6.07, 6.45) is 16.2. The summed E-state index contributed by atoms with van der Waals surface area (Å²) in [5.74, 6) is -0.669.